The van der Waals surface area contributed by atoms with Gasteiger partial charge in [0.2, 0.25) is 0 Å². The van der Waals surface area contributed by atoms with Crippen LogP contribution in [0.2, 0.25) is 0 Å². The predicted molar refractivity (Wildman–Crippen MR) is 81.9 cm³/mol. The summed E-state index contributed by atoms with van der Waals surface area (Å²) in [6.07, 6.45) is 3.69. The maximum absolute atomic E-state index is 2.43. The fourth-order valence-corrected chi connectivity index (χ4v) is 3.71. The van der Waals surface area contributed by atoms with Crippen LogP contribution in [0.3, 0.4) is 0 Å². The Kier molecular flexibility index (Phi) is 2.94. The molecule has 0 saturated carbocycles. The van der Waals surface area contributed by atoms with Crippen LogP contribution in [0, 0.1) is 13.8 Å². The Morgan fingerprint density at radius 2 is 1.95 bits per heavy atom. The largest absolute Gasteiger partial charge is 0.347 e. The van der Waals surface area contributed by atoms with Crippen molar-refractivity contribution in [2.45, 2.75) is 39.2 Å². The van der Waals surface area contributed by atoms with E-state index in [9.17, 15) is 0 Å². The van der Waals surface area contributed by atoms with Gasteiger partial charge in [-0.15, -0.1) is 0 Å². The summed E-state index contributed by atoms with van der Waals surface area (Å²) >= 11 is 0. The van der Waals surface area contributed by atoms with Gasteiger partial charge in [-0.1, -0.05) is 6.07 Å². The second kappa shape index (κ2) is 4.38. The number of aromatic nitrogens is 1. The van der Waals surface area contributed by atoms with E-state index in [1.54, 1.807) is 11.3 Å². The Morgan fingerprint density at radius 1 is 1.21 bits per heavy atom. The highest BCUT2D eigenvalue weighted by atomic mass is 15.1. The van der Waals surface area contributed by atoms with Crippen molar-refractivity contribution in [3.8, 4) is 0 Å². The molecular weight excluding hydrogens is 232 g/mol. The molecule has 3 rings (SSSR count). The summed E-state index contributed by atoms with van der Waals surface area (Å²) in [6.45, 7) is 4.45. The van der Waals surface area contributed by atoms with Crippen molar-refractivity contribution in [1.29, 1.82) is 0 Å². The molecule has 0 spiro atoms. The van der Waals surface area contributed by atoms with Crippen LogP contribution >= 0.6 is 0 Å². The van der Waals surface area contributed by atoms with Gasteiger partial charge in [-0.2, -0.15) is 0 Å². The highest BCUT2D eigenvalue weighted by Gasteiger charge is 2.26. The SMILES string of the molecule is Cc1cc(C)c2c3c(n(C)c2c1)CCC(N(C)C)C3. The number of nitrogens with zero attached hydrogens (tertiary/aromatic N) is 2. The quantitative estimate of drug-likeness (QED) is 0.760. The normalized spacial score (nSPS) is 19.2. The van der Waals surface area contributed by atoms with Crippen LogP contribution in [0.25, 0.3) is 10.9 Å². The standard InChI is InChI=1S/C17H24N2/c1-11-8-12(2)17-14-10-13(18(3)4)6-7-15(14)19(5)16(17)9-11/h8-9,13H,6-7,10H2,1-5H3. The number of rotatable bonds is 1. The Balaban J connectivity index is 2.23. The highest BCUT2D eigenvalue weighted by Crippen LogP contribution is 2.34. The van der Waals surface area contributed by atoms with Gasteiger partial charge in [-0.3, -0.25) is 0 Å². The second-order valence-electron chi connectivity index (χ2n) is 6.32. The molecule has 2 heteroatoms. The molecule has 0 saturated heterocycles. The zero-order valence-electron chi connectivity index (χ0n) is 12.7. The lowest BCUT2D eigenvalue weighted by Gasteiger charge is -2.29. The Hall–Kier alpha value is -1.28. The number of fused-ring (bicyclic) bond motifs is 3. The van der Waals surface area contributed by atoms with Crippen LogP contribution in [-0.4, -0.2) is 29.6 Å². The van der Waals surface area contributed by atoms with Gasteiger partial charge in [0.25, 0.3) is 0 Å². The van der Waals surface area contributed by atoms with Gasteiger partial charge < -0.3 is 9.47 Å². The fraction of sp³-hybridized carbons (Fsp3) is 0.529. The lowest BCUT2D eigenvalue weighted by molar-refractivity contribution is 0.267. The summed E-state index contributed by atoms with van der Waals surface area (Å²) in [7, 11) is 6.64. The van der Waals surface area contributed by atoms with E-state index in [-0.39, 0.29) is 0 Å². The van der Waals surface area contributed by atoms with Crippen molar-refractivity contribution in [2.75, 3.05) is 14.1 Å². The van der Waals surface area contributed by atoms with Crippen molar-refractivity contribution in [2.24, 2.45) is 7.05 Å². The first kappa shape index (κ1) is 12.7. The Morgan fingerprint density at radius 3 is 2.63 bits per heavy atom. The van der Waals surface area contributed by atoms with Gasteiger partial charge in [0.1, 0.15) is 0 Å². The minimum Gasteiger partial charge on any atom is -0.347 e. The fourth-order valence-electron chi connectivity index (χ4n) is 3.71. The molecular formula is C17H24N2. The van der Waals surface area contributed by atoms with Crippen LogP contribution in [0.5, 0.6) is 0 Å². The van der Waals surface area contributed by atoms with Crippen molar-refractivity contribution in [3.63, 3.8) is 0 Å². The van der Waals surface area contributed by atoms with Gasteiger partial charge in [-0.05, 0) is 70.0 Å². The minimum absolute atomic E-state index is 0.693. The molecule has 1 heterocycles. The van der Waals surface area contributed by atoms with Crippen LogP contribution in [-0.2, 0) is 19.9 Å². The zero-order valence-corrected chi connectivity index (χ0v) is 12.7. The summed E-state index contributed by atoms with van der Waals surface area (Å²) in [5.74, 6) is 0. The average molecular weight is 256 g/mol. The summed E-state index contributed by atoms with van der Waals surface area (Å²) in [6, 6.07) is 5.35. The Labute approximate surface area is 116 Å². The predicted octanol–water partition coefficient (Wildman–Crippen LogP) is 3.21. The second-order valence-corrected chi connectivity index (χ2v) is 6.32. The molecule has 2 nitrogen and oxygen atoms in total. The zero-order chi connectivity index (χ0) is 13.7. The molecule has 1 aliphatic rings. The molecule has 0 amide bonds. The third-order valence-electron chi connectivity index (χ3n) is 4.76. The van der Waals surface area contributed by atoms with E-state index in [4.69, 9.17) is 0 Å². The van der Waals surface area contributed by atoms with E-state index >= 15 is 0 Å². The third kappa shape index (κ3) is 1.90. The van der Waals surface area contributed by atoms with Crippen LogP contribution < -0.4 is 0 Å². The maximum atomic E-state index is 2.43. The molecule has 2 aromatic rings. The van der Waals surface area contributed by atoms with Crippen LogP contribution in [0.4, 0.5) is 0 Å². The number of aryl methyl sites for hydroxylation is 3. The number of benzene rings is 1. The van der Waals surface area contributed by atoms with Crippen LogP contribution in [0.15, 0.2) is 12.1 Å². The van der Waals surface area contributed by atoms with E-state index < -0.39 is 0 Å². The third-order valence-corrected chi connectivity index (χ3v) is 4.76. The summed E-state index contributed by atoms with van der Waals surface area (Å²) in [5, 5.41) is 1.51. The average Bonchev–Trinajstić information content (AvgIpc) is 2.62. The van der Waals surface area contributed by atoms with E-state index in [0.29, 0.717) is 6.04 Å². The highest BCUT2D eigenvalue weighted by molar-refractivity contribution is 5.89. The van der Waals surface area contributed by atoms with Crippen molar-refractivity contribution < 1.29 is 0 Å². The van der Waals surface area contributed by atoms with Gasteiger partial charge in [0.15, 0.2) is 0 Å². The molecule has 19 heavy (non-hydrogen) atoms. The summed E-state index contributed by atoms with van der Waals surface area (Å²) < 4.78 is 2.43. The number of hydrogen-bond donors (Lipinski definition) is 0. The van der Waals surface area contributed by atoms with Gasteiger partial charge in [-0.25, -0.2) is 0 Å². The molecule has 1 aliphatic carbocycles. The molecule has 0 fully saturated rings. The van der Waals surface area contributed by atoms with Crippen molar-refractivity contribution in [1.82, 2.24) is 9.47 Å². The molecule has 0 aliphatic heterocycles. The van der Waals surface area contributed by atoms with Crippen LogP contribution in [0.1, 0.15) is 28.8 Å². The Bertz CT molecular complexity index is 634. The number of likely N-dealkylation sites (N-methyl/N-ethyl adjacent to an activating group) is 1. The number of hydrogen-bond acceptors (Lipinski definition) is 1. The molecule has 0 bridgehead atoms. The molecule has 1 aromatic carbocycles. The first-order chi connectivity index (χ1) is 8.99. The molecule has 1 unspecified atom stereocenters. The smallest absolute Gasteiger partial charge is 0.0488 e. The molecule has 0 N–H and O–H groups in total. The van der Waals surface area contributed by atoms with E-state index in [2.05, 4.69) is 56.6 Å². The molecule has 1 aromatic heterocycles. The minimum atomic E-state index is 0.693. The topological polar surface area (TPSA) is 8.17 Å². The van der Waals surface area contributed by atoms with E-state index in [0.717, 1.165) is 0 Å². The lowest BCUT2D eigenvalue weighted by atomic mass is 9.89. The van der Waals surface area contributed by atoms with Gasteiger partial charge >= 0.3 is 0 Å². The lowest BCUT2D eigenvalue weighted by Crippen LogP contribution is -2.33. The van der Waals surface area contributed by atoms with Gasteiger partial charge in [0, 0.05) is 29.7 Å². The van der Waals surface area contributed by atoms with E-state index in [1.807, 2.05) is 0 Å². The van der Waals surface area contributed by atoms with E-state index in [1.165, 1.54) is 41.3 Å². The maximum Gasteiger partial charge on any atom is 0.0488 e. The van der Waals surface area contributed by atoms with Gasteiger partial charge in [0.05, 0.1) is 0 Å². The monoisotopic (exact) mass is 256 g/mol. The molecule has 102 valence electrons. The summed E-state index contributed by atoms with van der Waals surface area (Å²) in [5.41, 5.74) is 7.38. The summed E-state index contributed by atoms with van der Waals surface area (Å²) in [4.78, 5) is 2.38. The molecule has 0 radical (unpaired) electrons. The van der Waals surface area contributed by atoms with Crippen molar-refractivity contribution >= 4 is 10.9 Å². The molecule has 1 atom stereocenters. The van der Waals surface area contributed by atoms with Crippen molar-refractivity contribution in [3.05, 3.63) is 34.5 Å². The first-order valence-electron chi connectivity index (χ1n) is 7.23. The first-order valence-corrected chi connectivity index (χ1v) is 7.23.